The Morgan fingerprint density at radius 3 is 1.45 bits per heavy atom. The molecule has 2 nitrogen and oxygen atoms in total. The van der Waals surface area contributed by atoms with E-state index in [1.54, 1.807) is 0 Å². The van der Waals surface area contributed by atoms with Crippen LogP contribution in [-0.4, -0.2) is 22.4 Å². The average Bonchev–Trinajstić information content (AvgIpc) is 2.75. The van der Waals surface area contributed by atoms with E-state index in [4.69, 9.17) is 0 Å². The first-order valence-corrected chi connectivity index (χ1v) is 12.1. The highest BCUT2D eigenvalue weighted by Gasteiger charge is 2.37. The first kappa shape index (κ1) is 21.1. The molecule has 2 N–H and O–H groups in total. The lowest BCUT2D eigenvalue weighted by Gasteiger charge is -2.40. The van der Waals surface area contributed by atoms with Crippen LogP contribution in [0.25, 0.3) is 0 Å². The SMILES string of the molecule is CC1(C2CCCCC2)C=CC(O)C(CC2=CC(C)(C3CCCCC3)C=CC2O)=C1. The second-order valence-corrected chi connectivity index (χ2v) is 10.6. The van der Waals surface area contributed by atoms with Crippen LogP contribution in [0.2, 0.25) is 0 Å². The van der Waals surface area contributed by atoms with E-state index in [1.165, 1.54) is 64.2 Å². The molecule has 0 bridgehead atoms. The summed E-state index contributed by atoms with van der Waals surface area (Å²) in [6.45, 7) is 4.67. The van der Waals surface area contributed by atoms with Gasteiger partial charge in [0.05, 0.1) is 12.2 Å². The van der Waals surface area contributed by atoms with Gasteiger partial charge in [-0.3, -0.25) is 0 Å². The van der Waals surface area contributed by atoms with Gasteiger partial charge in [-0.2, -0.15) is 0 Å². The maximum atomic E-state index is 10.7. The number of aliphatic hydroxyl groups excluding tert-OH is 2. The minimum Gasteiger partial charge on any atom is -0.385 e. The fourth-order valence-electron chi connectivity index (χ4n) is 6.41. The summed E-state index contributed by atoms with van der Waals surface area (Å²) in [6, 6.07) is 0. The molecule has 0 aromatic heterocycles. The summed E-state index contributed by atoms with van der Waals surface area (Å²) >= 11 is 0. The molecule has 0 amide bonds. The van der Waals surface area contributed by atoms with Gasteiger partial charge in [-0.25, -0.2) is 0 Å². The monoisotopic (exact) mass is 396 g/mol. The van der Waals surface area contributed by atoms with Crippen molar-refractivity contribution in [3.8, 4) is 0 Å². The van der Waals surface area contributed by atoms with Crippen LogP contribution < -0.4 is 0 Å². The molecular weight excluding hydrogens is 356 g/mol. The Morgan fingerprint density at radius 2 is 1.07 bits per heavy atom. The zero-order valence-corrected chi connectivity index (χ0v) is 18.4. The van der Waals surface area contributed by atoms with Crippen molar-refractivity contribution in [2.75, 3.05) is 0 Å². The summed E-state index contributed by atoms with van der Waals surface area (Å²) in [7, 11) is 0. The van der Waals surface area contributed by atoms with Gasteiger partial charge in [0.1, 0.15) is 0 Å². The molecular formula is C27H40O2. The quantitative estimate of drug-likeness (QED) is 0.550. The van der Waals surface area contributed by atoms with Crippen molar-refractivity contribution in [1.29, 1.82) is 0 Å². The third-order valence-corrected chi connectivity index (χ3v) is 8.41. The van der Waals surface area contributed by atoms with E-state index in [0.717, 1.165) is 11.1 Å². The van der Waals surface area contributed by atoms with Gasteiger partial charge in [0.25, 0.3) is 0 Å². The lowest BCUT2D eigenvalue weighted by Crippen LogP contribution is -2.32. The molecule has 0 aromatic carbocycles. The first-order chi connectivity index (χ1) is 13.9. The van der Waals surface area contributed by atoms with Gasteiger partial charge in [0.2, 0.25) is 0 Å². The van der Waals surface area contributed by atoms with E-state index < -0.39 is 12.2 Å². The largest absolute Gasteiger partial charge is 0.385 e. The zero-order valence-electron chi connectivity index (χ0n) is 18.4. The summed E-state index contributed by atoms with van der Waals surface area (Å²) in [6.07, 6.45) is 26.0. The van der Waals surface area contributed by atoms with Crippen LogP contribution in [0.1, 0.15) is 84.5 Å². The van der Waals surface area contributed by atoms with E-state index in [9.17, 15) is 10.2 Å². The number of hydrogen-bond donors (Lipinski definition) is 2. The molecule has 4 aliphatic rings. The van der Waals surface area contributed by atoms with E-state index in [0.29, 0.717) is 18.3 Å². The third-order valence-electron chi connectivity index (χ3n) is 8.41. The number of allylic oxidation sites excluding steroid dienone is 4. The summed E-state index contributed by atoms with van der Waals surface area (Å²) in [5, 5.41) is 21.4. The van der Waals surface area contributed by atoms with Gasteiger partial charge in [0.15, 0.2) is 0 Å². The Morgan fingerprint density at radius 1 is 0.690 bits per heavy atom. The molecule has 4 rings (SSSR count). The van der Waals surface area contributed by atoms with E-state index in [-0.39, 0.29) is 10.8 Å². The third kappa shape index (κ3) is 4.49. The minimum atomic E-state index is -0.522. The predicted molar refractivity (Wildman–Crippen MR) is 120 cm³/mol. The molecule has 0 aliphatic heterocycles. The second kappa shape index (κ2) is 8.55. The minimum absolute atomic E-state index is 0.0394. The van der Waals surface area contributed by atoms with Crippen LogP contribution in [0, 0.1) is 22.7 Å². The van der Waals surface area contributed by atoms with Crippen LogP contribution >= 0.6 is 0 Å². The molecule has 0 heterocycles. The number of aliphatic hydroxyl groups is 2. The van der Waals surface area contributed by atoms with Gasteiger partial charge >= 0.3 is 0 Å². The van der Waals surface area contributed by atoms with Crippen molar-refractivity contribution in [1.82, 2.24) is 0 Å². The van der Waals surface area contributed by atoms with Gasteiger partial charge in [-0.05, 0) is 55.1 Å². The molecule has 4 atom stereocenters. The second-order valence-electron chi connectivity index (χ2n) is 10.6. The Bertz CT molecular complexity index is 642. The molecule has 2 fully saturated rings. The van der Waals surface area contributed by atoms with E-state index >= 15 is 0 Å². The molecule has 4 aliphatic carbocycles. The molecule has 2 saturated carbocycles. The van der Waals surface area contributed by atoms with Crippen LogP contribution in [0.4, 0.5) is 0 Å². The molecule has 160 valence electrons. The maximum absolute atomic E-state index is 10.7. The van der Waals surface area contributed by atoms with Crippen molar-refractivity contribution < 1.29 is 10.2 Å². The molecule has 0 radical (unpaired) electrons. The highest BCUT2D eigenvalue weighted by molar-refractivity contribution is 5.37. The maximum Gasteiger partial charge on any atom is 0.0935 e. The summed E-state index contributed by atoms with van der Waals surface area (Å²) < 4.78 is 0. The van der Waals surface area contributed by atoms with Crippen molar-refractivity contribution in [2.45, 2.75) is 96.7 Å². The van der Waals surface area contributed by atoms with Crippen LogP contribution in [-0.2, 0) is 0 Å². The molecule has 29 heavy (non-hydrogen) atoms. The Labute approximate surface area is 177 Å². The fraction of sp³-hybridized carbons (Fsp3) is 0.704. The molecule has 0 aromatic rings. The van der Waals surface area contributed by atoms with Gasteiger partial charge in [-0.1, -0.05) is 88.8 Å². The smallest absolute Gasteiger partial charge is 0.0935 e. The van der Waals surface area contributed by atoms with E-state index in [2.05, 4.69) is 38.2 Å². The molecule has 0 saturated heterocycles. The lowest BCUT2D eigenvalue weighted by atomic mass is 9.65. The fourth-order valence-corrected chi connectivity index (χ4v) is 6.41. The summed E-state index contributed by atoms with van der Waals surface area (Å²) in [5.41, 5.74) is 2.23. The predicted octanol–water partition coefficient (Wildman–Crippen LogP) is 6.26. The van der Waals surface area contributed by atoms with Gasteiger partial charge in [-0.15, -0.1) is 0 Å². The van der Waals surface area contributed by atoms with Crippen molar-refractivity contribution in [3.63, 3.8) is 0 Å². The average molecular weight is 397 g/mol. The van der Waals surface area contributed by atoms with Gasteiger partial charge in [0, 0.05) is 10.8 Å². The van der Waals surface area contributed by atoms with Gasteiger partial charge < -0.3 is 10.2 Å². The Hall–Kier alpha value is -1.12. The summed E-state index contributed by atoms with van der Waals surface area (Å²) in [5.74, 6) is 1.35. The number of rotatable bonds is 4. The number of hydrogen-bond acceptors (Lipinski definition) is 2. The summed E-state index contributed by atoms with van der Waals surface area (Å²) in [4.78, 5) is 0. The van der Waals surface area contributed by atoms with Crippen molar-refractivity contribution in [3.05, 3.63) is 47.6 Å². The van der Waals surface area contributed by atoms with Crippen molar-refractivity contribution in [2.24, 2.45) is 22.7 Å². The van der Waals surface area contributed by atoms with Crippen molar-refractivity contribution >= 4 is 0 Å². The topological polar surface area (TPSA) is 40.5 Å². The highest BCUT2D eigenvalue weighted by atomic mass is 16.3. The molecule has 4 unspecified atom stereocenters. The zero-order chi connectivity index (χ0) is 20.5. The Balaban J connectivity index is 1.55. The van der Waals surface area contributed by atoms with Crippen LogP contribution in [0.5, 0.6) is 0 Å². The lowest BCUT2D eigenvalue weighted by molar-refractivity contribution is 0.201. The standard InChI is InChI=1S/C27H40O2/c1-26(22-9-5-3-6-10-22)15-13-24(28)20(18-26)17-21-19-27(2,16-14-25(21)29)23-11-7-4-8-12-23/h13-16,18-19,22-25,28-29H,3-12,17H2,1-2H3. The Kier molecular flexibility index (Phi) is 6.23. The molecule has 0 spiro atoms. The van der Waals surface area contributed by atoms with Crippen LogP contribution in [0.3, 0.4) is 0 Å². The van der Waals surface area contributed by atoms with Crippen LogP contribution in [0.15, 0.2) is 47.6 Å². The first-order valence-electron chi connectivity index (χ1n) is 12.1. The normalized spacial score (nSPS) is 39.3. The molecule has 2 heteroatoms. The highest BCUT2D eigenvalue weighted by Crippen LogP contribution is 2.47. The van der Waals surface area contributed by atoms with E-state index in [1.807, 2.05) is 12.2 Å².